The van der Waals surface area contributed by atoms with Crippen LogP contribution in [0.25, 0.3) is 5.52 Å². The number of nitrogens with zero attached hydrogens (tertiary/aromatic N) is 2. The molecule has 0 saturated carbocycles. The van der Waals surface area contributed by atoms with Crippen molar-refractivity contribution in [3.8, 4) is 0 Å². The second-order valence-corrected chi connectivity index (χ2v) is 6.46. The Balaban J connectivity index is 1.98. The molecular formula is C21H16N2O6. The first kappa shape index (κ1) is 18.4. The number of esters is 2. The zero-order valence-corrected chi connectivity index (χ0v) is 15.9. The molecule has 0 bridgehead atoms. The third kappa shape index (κ3) is 2.53. The SMILES string of the molecule is COC(=O)c1c(C(=O)OC)c2cc3c(cn2c1C)C(=O)N(c1ccccc1)C3=O. The number of pyridine rings is 1. The smallest absolute Gasteiger partial charge is 0.340 e. The summed E-state index contributed by atoms with van der Waals surface area (Å²) in [5.41, 5.74) is 1.46. The number of fused-ring (bicyclic) bond motifs is 2. The van der Waals surface area contributed by atoms with Crippen LogP contribution in [0.5, 0.6) is 0 Å². The third-order valence-corrected chi connectivity index (χ3v) is 4.98. The summed E-state index contributed by atoms with van der Waals surface area (Å²) in [5, 5.41) is 0. The van der Waals surface area contributed by atoms with E-state index in [2.05, 4.69) is 0 Å². The highest BCUT2D eigenvalue weighted by Gasteiger charge is 2.39. The molecule has 29 heavy (non-hydrogen) atoms. The average Bonchev–Trinajstić information content (AvgIpc) is 3.17. The minimum Gasteiger partial charge on any atom is -0.465 e. The molecule has 2 aromatic heterocycles. The lowest BCUT2D eigenvalue weighted by Crippen LogP contribution is -2.29. The predicted molar refractivity (Wildman–Crippen MR) is 102 cm³/mol. The molecule has 1 aliphatic heterocycles. The fraction of sp³-hybridized carbons (Fsp3) is 0.143. The van der Waals surface area contributed by atoms with Crippen LogP contribution >= 0.6 is 0 Å². The van der Waals surface area contributed by atoms with Crippen LogP contribution in [0.15, 0.2) is 42.6 Å². The van der Waals surface area contributed by atoms with E-state index in [1.165, 1.54) is 30.9 Å². The molecule has 0 fully saturated rings. The first-order valence-electron chi connectivity index (χ1n) is 8.69. The summed E-state index contributed by atoms with van der Waals surface area (Å²) in [6.07, 6.45) is 1.46. The quantitative estimate of drug-likeness (QED) is 0.502. The molecule has 0 saturated heterocycles. The molecule has 0 N–H and O–H groups in total. The first-order chi connectivity index (χ1) is 13.9. The van der Waals surface area contributed by atoms with E-state index < -0.39 is 23.8 Å². The fourth-order valence-electron chi connectivity index (χ4n) is 3.60. The van der Waals surface area contributed by atoms with Gasteiger partial charge in [-0.3, -0.25) is 9.59 Å². The van der Waals surface area contributed by atoms with Gasteiger partial charge in [-0.05, 0) is 25.1 Å². The summed E-state index contributed by atoms with van der Waals surface area (Å²) in [6, 6.07) is 10.00. The summed E-state index contributed by atoms with van der Waals surface area (Å²) in [6.45, 7) is 1.62. The van der Waals surface area contributed by atoms with E-state index in [1.807, 2.05) is 0 Å². The van der Waals surface area contributed by atoms with Gasteiger partial charge >= 0.3 is 11.9 Å². The van der Waals surface area contributed by atoms with Crippen molar-refractivity contribution in [2.75, 3.05) is 19.1 Å². The van der Waals surface area contributed by atoms with E-state index in [-0.39, 0.29) is 27.8 Å². The van der Waals surface area contributed by atoms with E-state index in [4.69, 9.17) is 9.47 Å². The summed E-state index contributed by atoms with van der Waals surface area (Å²) in [5.74, 6) is -2.44. The third-order valence-electron chi connectivity index (χ3n) is 4.98. The van der Waals surface area contributed by atoms with Crippen molar-refractivity contribution in [1.82, 2.24) is 4.40 Å². The minimum atomic E-state index is -0.743. The van der Waals surface area contributed by atoms with Crippen molar-refractivity contribution in [3.63, 3.8) is 0 Å². The predicted octanol–water partition coefficient (Wildman–Crippen LogP) is 2.62. The minimum absolute atomic E-state index is 0.0157. The number of amides is 2. The molecule has 0 unspecified atom stereocenters. The highest BCUT2D eigenvalue weighted by Crippen LogP contribution is 2.33. The lowest BCUT2D eigenvalue weighted by molar-refractivity contribution is 0.0557. The highest BCUT2D eigenvalue weighted by molar-refractivity contribution is 6.34. The Hall–Kier alpha value is -3.94. The largest absolute Gasteiger partial charge is 0.465 e. The molecule has 3 aromatic rings. The van der Waals surface area contributed by atoms with Gasteiger partial charge in [-0.1, -0.05) is 18.2 Å². The second-order valence-electron chi connectivity index (χ2n) is 6.46. The number of carbonyl (C=O) groups excluding carboxylic acids is 4. The number of aromatic nitrogens is 1. The molecule has 1 aliphatic rings. The fourth-order valence-corrected chi connectivity index (χ4v) is 3.60. The van der Waals surface area contributed by atoms with Gasteiger partial charge in [-0.15, -0.1) is 0 Å². The number of ether oxygens (including phenoxy) is 2. The monoisotopic (exact) mass is 392 g/mol. The van der Waals surface area contributed by atoms with Gasteiger partial charge in [0.15, 0.2) is 0 Å². The lowest BCUT2D eigenvalue weighted by Gasteiger charge is -2.13. The summed E-state index contributed by atoms with van der Waals surface area (Å²) in [7, 11) is 2.40. The van der Waals surface area contributed by atoms with Gasteiger partial charge in [0, 0.05) is 11.9 Å². The Morgan fingerprint density at radius 3 is 2.07 bits per heavy atom. The van der Waals surface area contributed by atoms with Gasteiger partial charge in [0.2, 0.25) is 0 Å². The number of benzene rings is 1. The van der Waals surface area contributed by atoms with Crippen LogP contribution < -0.4 is 4.90 Å². The zero-order chi connectivity index (χ0) is 20.9. The Bertz CT molecular complexity index is 1210. The van der Waals surface area contributed by atoms with E-state index in [1.54, 1.807) is 37.3 Å². The molecule has 146 valence electrons. The van der Waals surface area contributed by atoms with Crippen molar-refractivity contribution in [3.05, 3.63) is 70.5 Å². The first-order valence-corrected chi connectivity index (χ1v) is 8.69. The molecule has 4 rings (SSSR count). The van der Waals surface area contributed by atoms with Crippen molar-refractivity contribution in [1.29, 1.82) is 0 Å². The van der Waals surface area contributed by atoms with E-state index in [9.17, 15) is 19.2 Å². The van der Waals surface area contributed by atoms with Gasteiger partial charge in [-0.25, -0.2) is 14.5 Å². The normalized spacial score (nSPS) is 13.0. The molecular weight excluding hydrogens is 376 g/mol. The van der Waals surface area contributed by atoms with E-state index >= 15 is 0 Å². The van der Waals surface area contributed by atoms with E-state index in [0.717, 1.165) is 4.90 Å². The van der Waals surface area contributed by atoms with Gasteiger partial charge < -0.3 is 13.9 Å². The Labute approximate surface area is 165 Å². The van der Waals surface area contributed by atoms with Gasteiger partial charge in [-0.2, -0.15) is 0 Å². The standard InChI is InChI=1S/C21H16N2O6/c1-11-16(20(26)28-2)17(21(27)29-3)15-9-13-14(10-22(11)15)19(25)23(18(13)24)12-7-5-4-6-8-12/h4-10H,1-3H3. The zero-order valence-electron chi connectivity index (χ0n) is 15.9. The number of rotatable bonds is 3. The van der Waals surface area contributed by atoms with Crippen LogP contribution in [0.2, 0.25) is 0 Å². The molecule has 0 spiro atoms. The Morgan fingerprint density at radius 1 is 0.862 bits per heavy atom. The molecule has 8 nitrogen and oxygen atoms in total. The molecule has 8 heteroatoms. The van der Waals surface area contributed by atoms with E-state index in [0.29, 0.717) is 11.4 Å². The summed E-state index contributed by atoms with van der Waals surface area (Å²) >= 11 is 0. The average molecular weight is 392 g/mol. The number of carbonyl (C=O) groups is 4. The van der Waals surface area contributed by atoms with Crippen molar-refractivity contribution in [2.24, 2.45) is 0 Å². The number of imide groups is 1. The van der Waals surface area contributed by atoms with Crippen LogP contribution in [0, 0.1) is 6.92 Å². The Kier molecular flexibility index (Phi) is 4.19. The second kappa shape index (κ2) is 6.59. The number of aryl methyl sites for hydroxylation is 1. The Morgan fingerprint density at radius 2 is 1.45 bits per heavy atom. The van der Waals surface area contributed by atoms with Gasteiger partial charge in [0.25, 0.3) is 11.8 Å². The number of hydrogen-bond donors (Lipinski definition) is 0. The van der Waals surface area contributed by atoms with Crippen LogP contribution in [0.3, 0.4) is 0 Å². The van der Waals surface area contributed by atoms with Crippen LogP contribution in [0.1, 0.15) is 47.1 Å². The van der Waals surface area contributed by atoms with Gasteiger partial charge in [0.05, 0.1) is 47.7 Å². The number of hydrogen-bond acceptors (Lipinski definition) is 6. The maximum atomic E-state index is 13.0. The van der Waals surface area contributed by atoms with Crippen LogP contribution in [-0.2, 0) is 9.47 Å². The molecule has 3 heterocycles. The molecule has 0 radical (unpaired) electrons. The molecule has 0 atom stereocenters. The van der Waals surface area contributed by atoms with Crippen LogP contribution in [0.4, 0.5) is 5.69 Å². The lowest BCUT2D eigenvalue weighted by atomic mass is 10.1. The maximum absolute atomic E-state index is 13.0. The summed E-state index contributed by atoms with van der Waals surface area (Å²) < 4.78 is 11.2. The van der Waals surface area contributed by atoms with Crippen molar-refractivity contribution in [2.45, 2.75) is 6.92 Å². The van der Waals surface area contributed by atoms with Crippen molar-refractivity contribution >= 4 is 35.0 Å². The topological polar surface area (TPSA) is 94.4 Å². The highest BCUT2D eigenvalue weighted by atomic mass is 16.5. The van der Waals surface area contributed by atoms with Gasteiger partial charge in [0.1, 0.15) is 0 Å². The maximum Gasteiger partial charge on any atom is 0.340 e. The number of methoxy groups -OCH3 is 2. The number of anilines is 1. The van der Waals surface area contributed by atoms with Crippen LogP contribution in [-0.4, -0.2) is 42.4 Å². The number of para-hydroxylation sites is 1. The molecule has 1 aromatic carbocycles. The molecule has 2 amide bonds. The van der Waals surface area contributed by atoms with Crippen molar-refractivity contribution < 1.29 is 28.7 Å². The summed E-state index contributed by atoms with van der Waals surface area (Å²) in [4.78, 5) is 51.7. The molecule has 0 aliphatic carbocycles.